The van der Waals surface area contributed by atoms with Crippen LogP contribution in [0.3, 0.4) is 0 Å². The molecule has 0 bridgehead atoms. The van der Waals surface area contributed by atoms with Gasteiger partial charge in [-0.25, -0.2) is 4.39 Å². The van der Waals surface area contributed by atoms with Crippen molar-refractivity contribution in [2.24, 2.45) is 11.3 Å². The van der Waals surface area contributed by atoms with E-state index in [9.17, 15) is 4.39 Å². The number of methoxy groups -OCH3 is 1. The summed E-state index contributed by atoms with van der Waals surface area (Å²) in [6.07, 6.45) is 0.907. The average Bonchev–Trinajstić information content (AvgIpc) is 2.47. The fourth-order valence-corrected chi connectivity index (χ4v) is 3.30. The summed E-state index contributed by atoms with van der Waals surface area (Å²) in [5.74, 6) is 0.381. The summed E-state index contributed by atoms with van der Waals surface area (Å²) in [4.78, 5) is 0. The number of benzene rings is 2. The van der Waals surface area contributed by atoms with Crippen molar-refractivity contribution < 1.29 is 9.13 Å². The van der Waals surface area contributed by atoms with E-state index in [1.54, 1.807) is 13.2 Å². The van der Waals surface area contributed by atoms with E-state index >= 15 is 0 Å². The van der Waals surface area contributed by atoms with E-state index in [2.05, 4.69) is 46.8 Å². The Morgan fingerprint density at radius 1 is 1.00 bits per heavy atom. The SMILES string of the molecule is CO[C@H](c1cc(CC(C)C)ccc1-c1ccccc1F)C(C)(C)C. The van der Waals surface area contributed by atoms with E-state index in [0.29, 0.717) is 11.5 Å². The van der Waals surface area contributed by atoms with Crippen LogP contribution in [0, 0.1) is 17.2 Å². The number of halogens is 1. The molecule has 0 amide bonds. The first-order valence-electron chi connectivity index (χ1n) is 8.64. The van der Waals surface area contributed by atoms with E-state index in [1.165, 1.54) is 11.6 Å². The minimum atomic E-state index is -0.195. The van der Waals surface area contributed by atoms with E-state index in [-0.39, 0.29) is 17.3 Å². The molecule has 2 heteroatoms. The quantitative estimate of drug-likeness (QED) is 0.615. The zero-order chi connectivity index (χ0) is 17.9. The molecule has 0 aromatic heterocycles. The maximum absolute atomic E-state index is 14.4. The summed E-state index contributed by atoms with van der Waals surface area (Å²) in [5.41, 5.74) is 3.81. The Kier molecular flexibility index (Phi) is 5.82. The minimum absolute atomic E-state index is 0.0782. The summed E-state index contributed by atoms with van der Waals surface area (Å²) in [6, 6.07) is 13.3. The molecule has 0 unspecified atom stereocenters. The van der Waals surface area contributed by atoms with Crippen molar-refractivity contribution in [1.29, 1.82) is 0 Å². The van der Waals surface area contributed by atoms with Crippen molar-refractivity contribution in [2.45, 2.75) is 47.1 Å². The molecule has 2 aromatic carbocycles. The van der Waals surface area contributed by atoms with Crippen LogP contribution in [0.15, 0.2) is 42.5 Å². The topological polar surface area (TPSA) is 9.23 Å². The molecule has 2 rings (SSSR count). The van der Waals surface area contributed by atoms with Gasteiger partial charge in [0.25, 0.3) is 0 Å². The number of ether oxygens (including phenoxy) is 1. The zero-order valence-corrected chi connectivity index (χ0v) is 15.7. The van der Waals surface area contributed by atoms with Gasteiger partial charge in [0.15, 0.2) is 0 Å². The van der Waals surface area contributed by atoms with Gasteiger partial charge in [0.2, 0.25) is 0 Å². The van der Waals surface area contributed by atoms with Gasteiger partial charge in [0.1, 0.15) is 5.82 Å². The van der Waals surface area contributed by atoms with Gasteiger partial charge in [-0.05, 0) is 40.5 Å². The van der Waals surface area contributed by atoms with Crippen LogP contribution in [0.4, 0.5) is 4.39 Å². The number of hydrogen-bond acceptors (Lipinski definition) is 1. The summed E-state index contributed by atoms with van der Waals surface area (Å²) >= 11 is 0. The Morgan fingerprint density at radius 2 is 1.67 bits per heavy atom. The highest BCUT2D eigenvalue weighted by molar-refractivity contribution is 5.69. The highest BCUT2D eigenvalue weighted by Crippen LogP contribution is 2.41. The Bertz CT molecular complexity index is 683. The van der Waals surface area contributed by atoms with Gasteiger partial charge in [0, 0.05) is 12.7 Å². The maximum atomic E-state index is 14.4. The lowest BCUT2D eigenvalue weighted by Gasteiger charge is -2.32. The van der Waals surface area contributed by atoms with Gasteiger partial charge >= 0.3 is 0 Å². The van der Waals surface area contributed by atoms with Crippen LogP contribution in [0.1, 0.15) is 51.8 Å². The highest BCUT2D eigenvalue weighted by Gasteiger charge is 2.29. The molecular formula is C22H29FO. The molecular weight excluding hydrogens is 299 g/mol. The zero-order valence-electron chi connectivity index (χ0n) is 15.7. The second kappa shape index (κ2) is 7.48. The molecule has 0 spiro atoms. The lowest BCUT2D eigenvalue weighted by molar-refractivity contribution is 0.0155. The van der Waals surface area contributed by atoms with Gasteiger partial charge in [-0.3, -0.25) is 0 Å². The summed E-state index contributed by atoms with van der Waals surface area (Å²) in [6.45, 7) is 10.9. The number of rotatable bonds is 5. The van der Waals surface area contributed by atoms with Gasteiger partial charge < -0.3 is 4.74 Å². The van der Waals surface area contributed by atoms with Gasteiger partial charge in [0.05, 0.1) is 6.10 Å². The molecule has 0 heterocycles. The maximum Gasteiger partial charge on any atom is 0.131 e. The third-order valence-electron chi connectivity index (χ3n) is 4.23. The fourth-order valence-electron chi connectivity index (χ4n) is 3.30. The smallest absolute Gasteiger partial charge is 0.131 e. The Balaban J connectivity index is 2.64. The van der Waals surface area contributed by atoms with Crippen molar-refractivity contribution >= 4 is 0 Å². The molecule has 2 aromatic rings. The van der Waals surface area contributed by atoms with Crippen LogP contribution in [-0.4, -0.2) is 7.11 Å². The monoisotopic (exact) mass is 328 g/mol. The van der Waals surface area contributed by atoms with E-state index in [0.717, 1.165) is 17.5 Å². The molecule has 0 aliphatic carbocycles. The predicted octanol–water partition coefficient (Wildman–Crippen LogP) is 6.42. The molecule has 0 radical (unpaired) electrons. The third-order valence-corrected chi connectivity index (χ3v) is 4.23. The van der Waals surface area contributed by atoms with Crippen LogP contribution < -0.4 is 0 Å². The fraction of sp³-hybridized carbons (Fsp3) is 0.455. The van der Waals surface area contributed by atoms with E-state index in [4.69, 9.17) is 4.74 Å². The third kappa shape index (κ3) is 4.24. The molecule has 0 aliphatic rings. The van der Waals surface area contributed by atoms with Crippen LogP contribution in [0.25, 0.3) is 11.1 Å². The van der Waals surface area contributed by atoms with Gasteiger partial charge in [-0.2, -0.15) is 0 Å². The van der Waals surface area contributed by atoms with E-state index in [1.807, 2.05) is 18.2 Å². The molecule has 0 saturated carbocycles. The molecule has 0 N–H and O–H groups in total. The second-order valence-corrected chi connectivity index (χ2v) is 7.98. The largest absolute Gasteiger partial charge is 0.376 e. The normalized spacial score (nSPS) is 13.3. The van der Waals surface area contributed by atoms with Crippen molar-refractivity contribution in [3.63, 3.8) is 0 Å². The molecule has 1 atom stereocenters. The molecule has 24 heavy (non-hydrogen) atoms. The van der Waals surface area contributed by atoms with Crippen molar-refractivity contribution in [3.8, 4) is 11.1 Å². The predicted molar refractivity (Wildman–Crippen MR) is 99.6 cm³/mol. The molecule has 0 aliphatic heterocycles. The van der Waals surface area contributed by atoms with Gasteiger partial charge in [-0.1, -0.05) is 71.0 Å². The molecule has 0 saturated heterocycles. The van der Waals surface area contributed by atoms with Crippen molar-refractivity contribution in [1.82, 2.24) is 0 Å². The lowest BCUT2D eigenvalue weighted by Crippen LogP contribution is -2.21. The molecule has 130 valence electrons. The lowest BCUT2D eigenvalue weighted by atomic mass is 9.80. The first kappa shape index (κ1) is 18.7. The first-order valence-corrected chi connectivity index (χ1v) is 8.64. The minimum Gasteiger partial charge on any atom is -0.376 e. The highest BCUT2D eigenvalue weighted by atomic mass is 19.1. The van der Waals surface area contributed by atoms with E-state index < -0.39 is 0 Å². The standard InChI is InChI=1S/C22H29FO/c1-15(2)13-16-11-12-17(18-9-7-8-10-20(18)23)19(14-16)21(24-6)22(3,4)5/h7-12,14-15,21H,13H2,1-6H3/t21-/m1/s1. The van der Waals surface area contributed by atoms with Crippen LogP contribution in [0.5, 0.6) is 0 Å². The average molecular weight is 328 g/mol. The first-order chi connectivity index (χ1) is 11.2. The van der Waals surface area contributed by atoms with Crippen LogP contribution >= 0.6 is 0 Å². The Labute approximate surface area is 145 Å². The Morgan fingerprint density at radius 3 is 2.21 bits per heavy atom. The molecule has 0 fully saturated rings. The van der Waals surface area contributed by atoms with Crippen molar-refractivity contribution in [2.75, 3.05) is 7.11 Å². The summed E-state index contributed by atoms with van der Waals surface area (Å²) < 4.78 is 20.2. The van der Waals surface area contributed by atoms with Crippen molar-refractivity contribution in [3.05, 3.63) is 59.4 Å². The Hall–Kier alpha value is -1.67. The summed E-state index contributed by atoms with van der Waals surface area (Å²) in [7, 11) is 1.73. The second-order valence-electron chi connectivity index (χ2n) is 7.98. The summed E-state index contributed by atoms with van der Waals surface area (Å²) in [5, 5.41) is 0. The van der Waals surface area contributed by atoms with Crippen LogP contribution in [-0.2, 0) is 11.2 Å². The van der Waals surface area contributed by atoms with Crippen LogP contribution in [0.2, 0.25) is 0 Å². The molecule has 1 nitrogen and oxygen atoms in total. The number of hydrogen-bond donors (Lipinski definition) is 0. The van der Waals surface area contributed by atoms with Gasteiger partial charge in [-0.15, -0.1) is 0 Å².